The molecule has 1 saturated carbocycles. The summed E-state index contributed by atoms with van der Waals surface area (Å²) in [7, 11) is 1.50. The van der Waals surface area contributed by atoms with Crippen molar-refractivity contribution in [2.75, 3.05) is 19.0 Å². The summed E-state index contributed by atoms with van der Waals surface area (Å²) >= 11 is 0. The number of hydrogen-bond donors (Lipinski definition) is 3. The maximum atomic E-state index is 12.4. The van der Waals surface area contributed by atoms with E-state index in [0.29, 0.717) is 22.8 Å². The first kappa shape index (κ1) is 22.3. The van der Waals surface area contributed by atoms with Gasteiger partial charge < -0.3 is 25.1 Å². The fraction of sp³-hybridized carbons (Fsp3) is 0.455. The number of oxazole rings is 1. The minimum atomic E-state index is -0.815. The van der Waals surface area contributed by atoms with Gasteiger partial charge in [-0.25, -0.2) is 4.98 Å². The highest BCUT2D eigenvalue weighted by molar-refractivity contribution is 6.39. The van der Waals surface area contributed by atoms with E-state index in [4.69, 9.17) is 9.15 Å². The van der Waals surface area contributed by atoms with Gasteiger partial charge in [-0.1, -0.05) is 12.8 Å². The SMILES string of the molecule is COc1cc(NC(=O)C(=O)NC(C)(C)CNC(=O)C2CCCC2)ccc1-c1cnco1. The Kier molecular flexibility index (Phi) is 6.94. The number of anilines is 1. The van der Waals surface area contributed by atoms with Crippen LogP contribution in [0.3, 0.4) is 0 Å². The summed E-state index contributed by atoms with van der Waals surface area (Å²) in [5, 5.41) is 8.10. The molecule has 0 atom stereocenters. The van der Waals surface area contributed by atoms with Crippen LogP contribution in [0.25, 0.3) is 11.3 Å². The zero-order valence-electron chi connectivity index (χ0n) is 18.0. The second-order valence-electron chi connectivity index (χ2n) is 8.27. The number of amides is 3. The van der Waals surface area contributed by atoms with Crippen LogP contribution in [0.1, 0.15) is 39.5 Å². The number of hydrogen-bond acceptors (Lipinski definition) is 6. The van der Waals surface area contributed by atoms with E-state index in [2.05, 4.69) is 20.9 Å². The predicted octanol–water partition coefficient (Wildman–Crippen LogP) is 2.49. The van der Waals surface area contributed by atoms with Crippen molar-refractivity contribution in [3.63, 3.8) is 0 Å². The van der Waals surface area contributed by atoms with E-state index in [0.717, 1.165) is 25.7 Å². The molecule has 1 aliphatic rings. The van der Waals surface area contributed by atoms with E-state index in [1.165, 1.54) is 13.5 Å². The zero-order valence-corrected chi connectivity index (χ0v) is 18.0. The number of aromatic nitrogens is 1. The Balaban J connectivity index is 1.55. The highest BCUT2D eigenvalue weighted by atomic mass is 16.5. The van der Waals surface area contributed by atoms with Gasteiger partial charge in [0.15, 0.2) is 12.2 Å². The molecule has 3 rings (SSSR count). The first-order chi connectivity index (χ1) is 14.8. The molecule has 0 saturated heterocycles. The van der Waals surface area contributed by atoms with Gasteiger partial charge >= 0.3 is 11.8 Å². The number of benzene rings is 1. The Hall–Kier alpha value is -3.36. The molecule has 0 bridgehead atoms. The minimum Gasteiger partial charge on any atom is -0.496 e. The van der Waals surface area contributed by atoms with Crippen LogP contribution in [0, 0.1) is 5.92 Å². The molecule has 1 heterocycles. The topological polar surface area (TPSA) is 123 Å². The van der Waals surface area contributed by atoms with Crippen LogP contribution in [0.4, 0.5) is 5.69 Å². The summed E-state index contributed by atoms with van der Waals surface area (Å²) in [5.74, 6) is -0.574. The van der Waals surface area contributed by atoms with Crippen molar-refractivity contribution in [1.29, 1.82) is 0 Å². The molecule has 0 spiro atoms. The standard InChI is InChI=1S/C22H28N4O5/c1-22(2,12-24-19(27)14-6-4-5-7-14)26-21(29)20(28)25-15-8-9-16(17(10-15)30-3)18-11-23-13-31-18/h8-11,13-14H,4-7,12H2,1-3H3,(H,24,27)(H,25,28)(H,26,29). The monoisotopic (exact) mass is 428 g/mol. The van der Waals surface area contributed by atoms with E-state index in [1.807, 2.05) is 0 Å². The molecule has 1 fully saturated rings. The average Bonchev–Trinajstić information content (AvgIpc) is 3.45. The van der Waals surface area contributed by atoms with Crippen LogP contribution in [0.15, 0.2) is 35.2 Å². The van der Waals surface area contributed by atoms with Crippen molar-refractivity contribution < 1.29 is 23.5 Å². The number of nitrogens with one attached hydrogen (secondary N) is 3. The molecule has 1 aromatic carbocycles. The fourth-order valence-corrected chi connectivity index (χ4v) is 3.56. The first-order valence-electron chi connectivity index (χ1n) is 10.3. The molecule has 31 heavy (non-hydrogen) atoms. The number of ether oxygens (including phenoxy) is 1. The molecule has 9 nitrogen and oxygen atoms in total. The predicted molar refractivity (Wildman–Crippen MR) is 114 cm³/mol. The molecule has 166 valence electrons. The molecule has 0 unspecified atom stereocenters. The van der Waals surface area contributed by atoms with Gasteiger partial charge in [-0.05, 0) is 38.8 Å². The summed E-state index contributed by atoms with van der Waals surface area (Å²) in [5.41, 5.74) is 0.283. The van der Waals surface area contributed by atoms with Crippen LogP contribution in [0.2, 0.25) is 0 Å². The van der Waals surface area contributed by atoms with Gasteiger partial charge in [0, 0.05) is 24.2 Å². The normalized spacial score (nSPS) is 14.2. The summed E-state index contributed by atoms with van der Waals surface area (Å²) in [4.78, 5) is 40.8. The van der Waals surface area contributed by atoms with Gasteiger partial charge in [0.25, 0.3) is 0 Å². The third-order valence-corrected chi connectivity index (χ3v) is 5.25. The smallest absolute Gasteiger partial charge is 0.313 e. The minimum absolute atomic E-state index is 0.00298. The van der Waals surface area contributed by atoms with Gasteiger partial charge in [-0.3, -0.25) is 14.4 Å². The Bertz CT molecular complexity index is 933. The third-order valence-electron chi connectivity index (χ3n) is 5.25. The lowest BCUT2D eigenvalue weighted by atomic mass is 10.0. The highest BCUT2D eigenvalue weighted by Gasteiger charge is 2.28. The molecule has 3 N–H and O–H groups in total. The number of methoxy groups -OCH3 is 1. The molecule has 1 aliphatic carbocycles. The van der Waals surface area contributed by atoms with Gasteiger partial charge in [-0.15, -0.1) is 0 Å². The zero-order chi connectivity index (χ0) is 22.4. The Morgan fingerprint density at radius 1 is 1.19 bits per heavy atom. The van der Waals surface area contributed by atoms with E-state index < -0.39 is 17.4 Å². The number of carbonyl (C=O) groups excluding carboxylic acids is 3. The Morgan fingerprint density at radius 2 is 1.94 bits per heavy atom. The van der Waals surface area contributed by atoms with Crippen molar-refractivity contribution in [2.24, 2.45) is 5.92 Å². The summed E-state index contributed by atoms with van der Waals surface area (Å²) in [6.45, 7) is 3.74. The van der Waals surface area contributed by atoms with Gasteiger partial charge in [0.2, 0.25) is 5.91 Å². The van der Waals surface area contributed by atoms with Crippen molar-refractivity contribution in [3.05, 3.63) is 30.8 Å². The Labute approximate surface area is 180 Å². The fourth-order valence-electron chi connectivity index (χ4n) is 3.56. The van der Waals surface area contributed by atoms with Crippen molar-refractivity contribution in [1.82, 2.24) is 15.6 Å². The van der Waals surface area contributed by atoms with Gasteiger partial charge in [0.1, 0.15) is 5.75 Å². The molecule has 0 aliphatic heterocycles. The van der Waals surface area contributed by atoms with Gasteiger partial charge in [-0.2, -0.15) is 0 Å². The van der Waals surface area contributed by atoms with Crippen LogP contribution in [-0.2, 0) is 14.4 Å². The van der Waals surface area contributed by atoms with Crippen molar-refractivity contribution >= 4 is 23.4 Å². The van der Waals surface area contributed by atoms with E-state index in [1.54, 1.807) is 38.2 Å². The molecule has 0 radical (unpaired) electrons. The summed E-state index contributed by atoms with van der Waals surface area (Å²) in [6.07, 6.45) is 6.81. The molecule has 9 heteroatoms. The quantitative estimate of drug-likeness (QED) is 0.583. The van der Waals surface area contributed by atoms with Crippen molar-refractivity contribution in [2.45, 2.75) is 45.1 Å². The van der Waals surface area contributed by atoms with Crippen LogP contribution in [-0.4, -0.2) is 41.9 Å². The number of rotatable bonds is 7. The second-order valence-corrected chi connectivity index (χ2v) is 8.27. The average molecular weight is 428 g/mol. The number of nitrogens with zero attached hydrogens (tertiary/aromatic N) is 1. The van der Waals surface area contributed by atoms with Gasteiger partial charge in [0.05, 0.1) is 24.4 Å². The number of carbonyl (C=O) groups is 3. The molecule has 2 aromatic rings. The maximum Gasteiger partial charge on any atom is 0.313 e. The van der Waals surface area contributed by atoms with Crippen LogP contribution < -0.4 is 20.7 Å². The molecular weight excluding hydrogens is 400 g/mol. The molecule has 3 amide bonds. The van der Waals surface area contributed by atoms with Crippen LogP contribution >= 0.6 is 0 Å². The third kappa shape index (κ3) is 5.84. The molecular formula is C22H28N4O5. The molecule has 1 aromatic heterocycles. The Morgan fingerprint density at radius 3 is 2.58 bits per heavy atom. The van der Waals surface area contributed by atoms with E-state index >= 15 is 0 Å². The summed E-state index contributed by atoms with van der Waals surface area (Å²) < 4.78 is 10.6. The lowest BCUT2D eigenvalue weighted by Crippen LogP contribution is -2.54. The van der Waals surface area contributed by atoms with Crippen molar-refractivity contribution in [3.8, 4) is 17.1 Å². The lowest BCUT2D eigenvalue weighted by Gasteiger charge is -2.27. The maximum absolute atomic E-state index is 12.4. The van der Waals surface area contributed by atoms with E-state index in [9.17, 15) is 14.4 Å². The highest BCUT2D eigenvalue weighted by Crippen LogP contribution is 2.32. The summed E-state index contributed by atoms with van der Waals surface area (Å²) in [6, 6.07) is 4.93. The van der Waals surface area contributed by atoms with E-state index in [-0.39, 0.29) is 18.4 Å². The first-order valence-corrected chi connectivity index (χ1v) is 10.3. The van der Waals surface area contributed by atoms with Crippen LogP contribution in [0.5, 0.6) is 5.75 Å². The second kappa shape index (κ2) is 9.63. The largest absolute Gasteiger partial charge is 0.496 e. The lowest BCUT2D eigenvalue weighted by molar-refractivity contribution is -0.137.